The van der Waals surface area contributed by atoms with Gasteiger partial charge in [0.25, 0.3) is 0 Å². The molecular weight excluding hydrogens is 264 g/mol. The molecule has 3 nitrogen and oxygen atoms in total. The van der Waals surface area contributed by atoms with Crippen LogP contribution in [0.3, 0.4) is 0 Å². The van der Waals surface area contributed by atoms with Crippen LogP contribution in [-0.4, -0.2) is 5.11 Å². The zero-order chi connectivity index (χ0) is 15.0. The fourth-order valence-corrected chi connectivity index (χ4v) is 2.76. The van der Waals surface area contributed by atoms with Crippen molar-refractivity contribution in [2.75, 3.05) is 0 Å². The first-order chi connectivity index (χ1) is 10.1. The van der Waals surface area contributed by atoms with Crippen molar-refractivity contribution in [1.82, 2.24) is 0 Å². The third-order valence-electron chi connectivity index (χ3n) is 3.91. The summed E-state index contributed by atoms with van der Waals surface area (Å²) in [5.41, 5.74) is 2.32. The summed E-state index contributed by atoms with van der Waals surface area (Å²) in [6, 6.07) is 14.9. The fourth-order valence-electron chi connectivity index (χ4n) is 2.76. The van der Waals surface area contributed by atoms with Crippen LogP contribution in [0.15, 0.2) is 57.7 Å². The van der Waals surface area contributed by atoms with Crippen LogP contribution in [0.4, 0.5) is 0 Å². The predicted molar refractivity (Wildman–Crippen MR) is 82.8 cm³/mol. The van der Waals surface area contributed by atoms with E-state index in [-0.39, 0.29) is 11.7 Å². The minimum absolute atomic E-state index is 0.0117. The van der Waals surface area contributed by atoms with Crippen LogP contribution in [0, 0.1) is 6.92 Å². The fraction of sp³-hybridized carbons (Fsp3) is 0.167. The number of rotatable bonds is 2. The molecule has 0 saturated carbocycles. The molecule has 0 amide bonds. The van der Waals surface area contributed by atoms with Crippen molar-refractivity contribution in [3.05, 3.63) is 75.6 Å². The lowest BCUT2D eigenvalue weighted by molar-refractivity contribution is 0.453. The van der Waals surface area contributed by atoms with E-state index in [1.165, 1.54) is 0 Å². The average Bonchev–Trinajstić information content (AvgIpc) is 2.47. The molecule has 0 aliphatic rings. The van der Waals surface area contributed by atoms with Crippen LogP contribution in [0.25, 0.3) is 11.0 Å². The Balaban J connectivity index is 2.25. The minimum Gasteiger partial charge on any atom is -0.507 e. The summed E-state index contributed by atoms with van der Waals surface area (Å²) >= 11 is 0. The molecule has 3 rings (SSSR count). The molecular formula is C18H16O3. The van der Waals surface area contributed by atoms with Crippen molar-refractivity contribution in [3.8, 4) is 5.75 Å². The molecule has 0 spiro atoms. The summed E-state index contributed by atoms with van der Waals surface area (Å²) in [7, 11) is 0. The second kappa shape index (κ2) is 5.09. The highest BCUT2D eigenvalue weighted by molar-refractivity contribution is 5.84. The zero-order valence-electron chi connectivity index (χ0n) is 12.0. The number of aromatic hydroxyl groups is 1. The first-order valence-electron chi connectivity index (χ1n) is 6.90. The molecule has 21 heavy (non-hydrogen) atoms. The van der Waals surface area contributed by atoms with Gasteiger partial charge in [0.15, 0.2) is 0 Å². The van der Waals surface area contributed by atoms with E-state index in [1.54, 1.807) is 18.2 Å². The lowest BCUT2D eigenvalue weighted by Gasteiger charge is -2.15. The summed E-state index contributed by atoms with van der Waals surface area (Å²) in [5.74, 6) is -0.218. The molecule has 3 heteroatoms. The van der Waals surface area contributed by atoms with E-state index in [9.17, 15) is 9.90 Å². The molecule has 0 saturated heterocycles. The van der Waals surface area contributed by atoms with Gasteiger partial charge >= 0.3 is 5.63 Å². The number of para-hydroxylation sites is 1. The van der Waals surface area contributed by atoms with E-state index < -0.39 is 5.63 Å². The molecule has 0 fully saturated rings. The van der Waals surface area contributed by atoms with E-state index >= 15 is 0 Å². The quantitative estimate of drug-likeness (QED) is 0.723. The molecule has 0 radical (unpaired) electrons. The van der Waals surface area contributed by atoms with E-state index in [0.29, 0.717) is 16.5 Å². The molecule has 1 aromatic heterocycles. The molecule has 1 heterocycles. The van der Waals surface area contributed by atoms with Gasteiger partial charge in [0.2, 0.25) is 0 Å². The molecule has 0 bridgehead atoms. The van der Waals surface area contributed by atoms with Gasteiger partial charge in [-0.25, -0.2) is 4.79 Å². The van der Waals surface area contributed by atoms with Gasteiger partial charge in [-0.15, -0.1) is 0 Å². The molecule has 2 aromatic carbocycles. The third kappa shape index (κ3) is 2.21. The van der Waals surface area contributed by atoms with Gasteiger partial charge in [-0.3, -0.25) is 0 Å². The Labute approximate surface area is 122 Å². The highest BCUT2D eigenvalue weighted by Crippen LogP contribution is 2.34. The summed E-state index contributed by atoms with van der Waals surface area (Å²) < 4.78 is 5.34. The first kappa shape index (κ1) is 13.4. The third-order valence-corrected chi connectivity index (χ3v) is 3.91. The maximum atomic E-state index is 12.3. The number of benzene rings is 2. The second-order valence-electron chi connectivity index (χ2n) is 5.23. The van der Waals surface area contributed by atoms with Gasteiger partial charge in [-0.2, -0.15) is 0 Å². The van der Waals surface area contributed by atoms with Gasteiger partial charge in [0.05, 0.1) is 10.9 Å². The average molecular weight is 280 g/mol. The molecule has 1 atom stereocenters. The van der Waals surface area contributed by atoms with Crippen molar-refractivity contribution in [2.24, 2.45) is 0 Å². The van der Waals surface area contributed by atoms with Crippen LogP contribution in [0.1, 0.15) is 29.5 Å². The Kier molecular flexibility index (Phi) is 3.26. The lowest BCUT2D eigenvalue weighted by Crippen LogP contribution is -2.12. The molecule has 0 aliphatic heterocycles. The topological polar surface area (TPSA) is 50.4 Å². The molecule has 1 N–H and O–H groups in total. The SMILES string of the molecule is Cc1ccccc1C(C)c1c(O)c2ccccc2oc1=O. The van der Waals surface area contributed by atoms with Gasteiger partial charge < -0.3 is 9.52 Å². The molecule has 1 unspecified atom stereocenters. The Morgan fingerprint density at radius 3 is 2.48 bits per heavy atom. The standard InChI is InChI=1S/C18H16O3/c1-11-7-3-4-8-13(11)12(2)16-17(19)14-9-5-6-10-15(14)21-18(16)20/h3-10,12,19H,1-2H3. The summed E-state index contributed by atoms with van der Waals surface area (Å²) in [5, 5.41) is 11.1. The molecule has 3 aromatic rings. The highest BCUT2D eigenvalue weighted by atomic mass is 16.4. The Hall–Kier alpha value is -2.55. The predicted octanol–water partition coefficient (Wildman–Crippen LogP) is 3.96. The van der Waals surface area contributed by atoms with E-state index in [4.69, 9.17) is 4.42 Å². The normalized spacial score (nSPS) is 12.5. The van der Waals surface area contributed by atoms with Crippen molar-refractivity contribution in [1.29, 1.82) is 0 Å². The second-order valence-corrected chi connectivity index (χ2v) is 5.23. The van der Waals surface area contributed by atoms with Crippen molar-refractivity contribution >= 4 is 11.0 Å². The van der Waals surface area contributed by atoms with Crippen LogP contribution >= 0.6 is 0 Å². The Morgan fingerprint density at radius 2 is 1.71 bits per heavy atom. The van der Waals surface area contributed by atoms with Crippen molar-refractivity contribution < 1.29 is 9.52 Å². The molecule has 0 aliphatic carbocycles. The van der Waals surface area contributed by atoms with Crippen LogP contribution in [0.5, 0.6) is 5.75 Å². The lowest BCUT2D eigenvalue weighted by atomic mass is 9.90. The van der Waals surface area contributed by atoms with Crippen LogP contribution < -0.4 is 5.63 Å². The van der Waals surface area contributed by atoms with Crippen LogP contribution in [0.2, 0.25) is 0 Å². The highest BCUT2D eigenvalue weighted by Gasteiger charge is 2.21. The summed E-state index contributed by atoms with van der Waals surface area (Å²) in [4.78, 5) is 12.3. The van der Waals surface area contributed by atoms with Gasteiger partial charge in [0.1, 0.15) is 11.3 Å². The van der Waals surface area contributed by atoms with Crippen molar-refractivity contribution in [2.45, 2.75) is 19.8 Å². The van der Waals surface area contributed by atoms with E-state index in [2.05, 4.69) is 0 Å². The summed E-state index contributed by atoms with van der Waals surface area (Å²) in [6.07, 6.45) is 0. The van der Waals surface area contributed by atoms with Gasteiger partial charge in [0, 0.05) is 5.92 Å². The Morgan fingerprint density at radius 1 is 1.05 bits per heavy atom. The van der Waals surface area contributed by atoms with Crippen molar-refractivity contribution in [3.63, 3.8) is 0 Å². The summed E-state index contributed by atoms with van der Waals surface area (Å²) in [6.45, 7) is 3.90. The number of fused-ring (bicyclic) bond motifs is 1. The first-order valence-corrected chi connectivity index (χ1v) is 6.90. The zero-order valence-corrected chi connectivity index (χ0v) is 12.0. The maximum Gasteiger partial charge on any atom is 0.343 e. The Bertz CT molecular complexity index is 862. The largest absolute Gasteiger partial charge is 0.507 e. The van der Waals surface area contributed by atoms with E-state index in [1.807, 2.05) is 44.2 Å². The molecule has 106 valence electrons. The van der Waals surface area contributed by atoms with Gasteiger partial charge in [-0.05, 0) is 30.2 Å². The number of hydrogen-bond acceptors (Lipinski definition) is 3. The van der Waals surface area contributed by atoms with Gasteiger partial charge in [-0.1, -0.05) is 43.3 Å². The maximum absolute atomic E-state index is 12.3. The smallest absolute Gasteiger partial charge is 0.343 e. The van der Waals surface area contributed by atoms with Crippen LogP contribution in [-0.2, 0) is 0 Å². The number of hydrogen-bond donors (Lipinski definition) is 1. The monoisotopic (exact) mass is 280 g/mol. The van der Waals surface area contributed by atoms with E-state index in [0.717, 1.165) is 11.1 Å². The number of aryl methyl sites for hydroxylation is 1. The minimum atomic E-state index is -0.484.